The van der Waals surface area contributed by atoms with Gasteiger partial charge in [0.25, 0.3) is 0 Å². The summed E-state index contributed by atoms with van der Waals surface area (Å²) in [5, 5.41) is -7.02. The molecule has 0 aliphatic heterocycles. The van der Waals surface area contributed by atoms with Crippen LogP contribution >= 0.6 is 10.3 Å². The summed E-state index contributed by atoms with van der Waals surface area (Å²) in [6.45, 7) is 4.89. The standard InChI is InChI=1S/C25H21F9O3S2/c1-16-4-10-19(11-5-16)38(20-12-6-17(2)7-13-20,21-14-8-18(3)9-15-21)37-39(35,36)25(33,34)23(28,29)22(26,27)24(30,31)32/h4-15H,1-3H3. The van der Waals surface area contributed by atoms with Gasteiger partial charge in [0, 0.05) is 14.7 Å². The molecule has 0 fully saturated rings. The Morgan fingerprint density at radius 1 is 0.513 bits per heavy atom. The fourth-order valence-electron chi connectivity index (χ4n) is 3.41. The minimum atomic E-state index is -7.43. The van der Waals surface area contributed by atoms with Gasteiger partial charge in [-0.25, -0.2) is 3.63 Å². The largest absolute Gasteiger partial charge is 0.460 e. The number of halogens is 9. The number of hydrogen-bond donors (Lipinski definition) is 0. The lowest BCUT2D eigenvalue weighted by Crippen LogP contribution is -2.63. The third-order valence-corrected chi connectivity index (χ3v) is 10.9. The van der Waals surface area contributed by atoms with Gasteiger partial charge in [-0.2, -0.15) is 47.9 Å². The van der Waals surface area contributed by atoms with Crippen LogP contribution in [0.1, 0.15) is 16.7 Å². The fraction of sp³-hybridized carbons (Fsp3) is 0.280. The predicted octanol–water partition coefficient (Wildman–Crippen LogP) is 8.58. The molecule has 214 valence electrons. The second-order valence-electron chi connectivity index (χ2n) is 8.68. The van der Waals surface area contributed by atoms with Crippen LogP contribution in [-0.4, -0.2) is 31.7 Å². The second-order valence-corrected chi connectivity index (χ2v) is 13.2. The molecule has 0 unspecified atom stereocenters. The Kier molecular flexibility index (Phi) is 7.94. The molecule has 0 radical (unpaired) electrons. The third kappa shape index (κ3) is 5.13. The zero-order chi connectivity index (χ0) is 29.7. The van der Waals surface area contributed by atoms with E-state index in [0.29, 0.717) is 16.7 Å². The van der Waals surface area contributed by atoms with Crippen molar-refractivity contribution in [3.63, 3.8) is 0 Å². The molecule has 0 atom stereocenters. The van der Waals surface area contributed by atoms with Gasteiger partial charge in [-0.3, -0.25) is 0 Å². The Hall–Kier alpha value is -2.71. The van der Waals surface area contributed by atoms with Crippen LogP contribution in [0.2, 0.25) is 0 Å². The molecule has 0 amide bonds. The Bertz CT molecular complexity index is 1310. The SMILES string of the molecule is Cc1ccc(S(OS(=O)(=O)C(F)(F)C(F)(F)C(F)(F)C(F)(F)F)(c2ccc(C)cc2)c2ccc(C)cc2)cc1. The molecule has 0 bridgehead atoms. The average molecular weight is 605 g/mol. The van der Waals surface area contributed by atoms with Crippen LogP contribution in [0.25, 0.3) is 0 Å². The van der Waals surface area contributed by atoms with Crippen molar-refractivity contribution in [1.29, 1.82) is 0 Å². The number of hydrogen-bond acceptors (Lipinski definition) is 3. The van der Waals surface area contributed by atoms with Gasteiger partial charge in [-0.15, -0.1) is 0 Å². The van der Waals surface area contributed by atoms with E-state index in [4.69, 9.17) is 3.63 Å². The molecular weight excluding hydrogens is 583 g/mol. The average Bonchev–Trinajstić information content (AvgIpc) is 2.83. The van der Waals surface area contributed by atoms with Crippen LogP contribution in [0.4, 0.5) is 39.5 Å². The van der Waals surface area contributed by atoms with E-state index < -0.39 is 43.7 Å². The van der Waals surface area contributed by atoms with Crippen LogP contribution in [0, 0.1) is 20.8 Å². The van der Waals surface area contributed by atoms with E-state index in [1.165, 1.54) is 72.8 Å². The molecule has 3 rings (SSSR count). The molecule has 0 aliphatic rings. The first kappa shape index (κ1) is 30.8. The molecule has 14 heteroatoms. The Balaban J connectivity index is 2.38. The molecule has 0 spiro atoms. The molecule has 0 saturated carbocycles. The van der Waals surface area contributed by atoms with Gasteiger partial charge in [0.1, 0.15) is 0 Å². The summed E-state index contributed by atoms with van der Waals surface area (Å²) in [5.41, 5.74) is 1.85. The summed E-state index contributed by atoms with van der Waals surface area (Å²) < 4.78 is 154. The van der Waals surface area contributed by atoms with Crippen LogP contribution in [-0.2, 0) is 13.7 Å². The van der Waals surface area contributed by atoms with E-state index >= 15 is 0 Å². The summed E-state index contributed by atoms with van der Waals surface area (Å²) in [4.78, 5) is -0.400. The summed E-state index contributed by atoms with van der Waals surface area (Å²) in [6, 6.07) is 16.2. The van der Waals surface area contributed by atoms with E-state index in [9.17, 15) is 47.9 Å². The molecule has 0 N–H and O–H groups in total. The Labute approximate surface area is 220 Å². The van der Waals surface area contributed by atoms with Crippen molar-refractivity contribution >= 4 is 20.4 Å². The highest BCUT2D eigenvalue weighted by Crippen LogP contribution is 2.71. The van der Waals surface area contributed by atoms with E-state index in [1.807, 2.05) is 0 Å². The van der Waals surface area contributed by atoms with Crippen molar-refractivity contribution in [2.45, 2.75) is 58.7 Å². The van der Waals surface area contributed by atoms with Crippen molar-refractivity contribution in [2.24, 2.45) is 0 Å². The fourth-order valence-corrected chi connectivity index (χ4v) is 8.59. The zero-order valence-electron chi connectivity index (χ0n) is 20.4. The molecule has 3 aromatic carbocycles. The van der Waals surface area contributed by atoms with Crippen molar-refractivity contribution in [2.75, 3.05) is 0 Å². The predicted molar refractivity (Wildman–Crippen MR) is 127 cm³/mol. The molecule has 0 aromatic heterocycles. The molecule has 3 aromatic rings. The number of benzene rings is 3. The topological polar surface area (TPSA) is 43.4 Å². The molecule has 0 heterocycles. The van der Waals surface area contributed by atoms with Crippen molar-refractivity contribution in [3.8, 4) is 0 Å². The lowest BCUT2D eigenvalue weighted by molar-refractivity contribution is -0.382. The van der Waals surface area contributed by atoms with Gasteiger partial charge in [0.05, 0.1) is 0 Å². The highest BCUT2D eigenvalue weighted by atomic mass is 32.3. The molecule has 3 nitrogen and oxygen atoms in total. The van der Waals surface area contributed by atoms with Crippen LogP contribution in [0.3, 0.4) is 0 Å². The van der Waals surface area contributed by atoms with Gasteiger partial charge in [-0.1, -0.05) is 53.1 Å². The van der Waals surface area contributed by atoms with E-state index in [0.717, 1.165) is 0 Å². The van der Waals surface area contributed by atoms with Gasteiger partial charge in [0.15, 0.2) is 0 Å². The lowest BCUT2D eigenvalue weighted by Gasteiger charge is -2.41. The minimum Gasteiger partial charge on any atom is -0.202 e. The normalized spacial score (nSPS) is 14.4. The monoisotopic (exact) mass is 604 g/mol. The Morgan fingerprint density at radius 3 is 1.05 bits per heavy atom. The second kappa shape index (κ2) is 10.0. The summed E-state index contributed by atoms with van der Waals surface area (Å²) >= 11 is 0. The summed E-state index contributed by atoms with van der Waals surface area (Å²) in [6.07, 6.45) is -7.20. The van der Waals surface area contributed by atoms with E-state index in [2.05, 4.69) is 0 Å². The van der Waals surface area contributed by atoms with Gasteiger partial charge in [0.2, 0.25) is 0 Å². The van der Waals surface area contributed by atoms with Crippen LogP contribution < -0.4 is 0 Å². The van der Waals surface area contributed by atoms with E-state index in [-0.39, 0.29) is 14.7 Å². The number of aryl methyl sites for hydroxylation is 3. The molecular formula is C25H21F9O3S2. The maximum absolute atomic E-state index is 14.8. The first-order valence-electron chi connectivity index (χ1n) is 10.9. The highest BCUT2D eigenvalue weighted by molar-refractivity contribution is 8.33. The first-order valence-corrected chi connectivity index (χ1v) is 13.9. The van der Waals surface area contributed by atoms with Crippen molar-refractivity contribution in [3.05, 3.63) is 89.5 Å². The molecule has 0 aliphatic carbocycles. The summed E-state index contributed by atoms with van der Waals surface area (Å²) in [5.74, 6) is -14.9. The highest BCUT2D eigenvalue weighted by Gasteiger charge is 2.86. The van der Waals surface area contributed by atoms with Crippen LogP contribution in [0.5, 0.6) is 0 Å². The van der Waals surface area contributed by atoms with Gasteiger partial charge >= 0.3 is 33.4 Å². The van der Waals surface area contributed by atoms with Gasteiger partial charge in [-0.05, 0) is 67.5 Å². The Morgan fingerprint density at radius 2 is 0.795 bits per heavy atom. The van der Waals surface area contributed by atoms with Gasteiger partial charge < -0.3 is 0 Å². The summed E-state index contributed by atoms with van der Waals surface area (Å²) in [7, 11) is -11.2. The maximum Gasteiger partial charge on any atom is 0.460 e. The van der Waals surface area contributed by atoms with Crippen LogP contribution in [0.15, 0.2) is 87.5 Å². The van der Waals surface area contributed by atoms with E-state index in [1.54, 1.807) is 20.8 Å². The van der Waals surface area contributed by atoms with Crippen molar-refractivity contribution < 1.29 is 51.6 Å². The number of rotatable bonds is 8. The molecule has 0 saturated heterocycles. The smallest absolute Gasteiger partial charge is 0.202 e. The lowest BCUT2D eigenvalue weighted by atomic mass is 10.1. The third-order valence-electron chi connectivity index (χ3n) is 5.68. The maximum atomic E-state index is 14.8. The minimum absolute atomic E-state index is 0.133. The first-order chi connectivity index (χ1) is 17.7. The molecule has 39 heavy (non-hydrogen) atoms. The number of alkyl halides is 9. The zero-order valence-corrected chi connectivity index (χ0v) is 22.0. The quantitative estimate of drug-likeness (QED) is 0.242. The van der Waals surface area contributed by atoms with Crippen molar-refractivity contribution in [1.82, 2.24) is 0 Å².